The number of imide groups is 1. The Morgan fingerprint density at radius 2 is 1.69 bits per heavy atom. The number of aromatic nitrogens is 2. The van der Waals surface area contributed by atoms with Gasteiger partial charge in [-0.15, -0.1) is 0 Å². The molecule has 2 heterocycles. The average Bonchev–Trinajstić information content (AvgIpc) is 3.33. The highest BCUT2D eigenvalue weighted by atomic mass is 16.6. The molecule has 4 rings (SSSR count). The number of alkyl carbamates (subject to hydrolysis) is 1. The molecular formula is C39H55N5O8. The number of carbonyl (C=O) groups is 4. The summed E-state index contributed by atoms with van der Waals surface area (Å²) < 4.78 is 20.5. The van der Waals surface area contributed by atoms with Gasteiger partial charge in [0.05, 0.1) is 29.8 Å². The normalized spacial score (nSPS) is 16.1. The molecule has 0 radical (unpaired) electrons. The molecule has 3 atom stereocenters. The lowest BCUT2D eigenvalue weighted by Crippen LogP contribution is -2.45. The Kier molecular flexibility index (Phi) is 14.6. The van der Waals surface area contributed by atoms with Crippen LogP contribution in [0.5, 0.6) is 0 Å². The lowest BCUT2D eigenvalue weighted by molar-refractivity contribution is -0.135. The largest absolute Gasteiger partial charge is 0.444 e. The molecule has 0 spiro atoms. The highest BCUT2D eigenvalue weighted by molar-refractivity contribution is 6.00. The van der Waals surface area contributed by atoms with Crippen molar-refractivity contribution in [2.24, 2.45) is 12.8 Å². The van der Waals surface area contributed by atoms with E-state index >= 15 is 0 Å². The molecule has 13 nitrogen and oxygen atoms in total. The number of primary amides is 1. The summed E-state index contributed by atoms with van der Waals surface area (Å²) in [5.74, 6) is -1.17. The third-order valence-electron chi connectivity index (χ3n) is 9.20. The smallest absolute Gasteiger partial charge is 0.407 e. The van der Waals surface area contributed by atoms with Gasteiger partial charge >= 0.3 is 11.8 Å². The molecule has 284 valence electrons. The Balaban J connectivity index is 1.13. The minimum absolute atomic E-state index is 0.125. The Labute approximate surface area is 305 Å². The summed E-state index contributed by atoms with van der Waals surface area (Å²) >= 11 is 0. The van der Waals surface area contributed by atoms with E-state index in [-0.39, 0.29) is 30.5 Å². The topological polar surface area (TPSA) is 173 Å². The highest BCUT2D eigenvalue weighted by Gasteiger charge is 2.31. The number of ether oxygens (including phenoxy) is 3. The maximum absolute atomic E-state index is 13.1. The molecule has 1 aliphatic rings. The number of carbonyl (C=O) groups excluding carboxylic acids is 4. The van der Waals surface area contributed by atoms with E-state index in [1.807, 2.05) is 37.3 Å². The summed E-state index contributed by atoms with van der Waals surface area (Å²) in [6.07, 6.45) is 5.57. The van der Waals surface area contributed by atoms with Gasteiger partial charge in [0, 0.05) is 33.1 Å². The molecule has 2 aromatic carbocycles. The SMILES string of the molecule is C[C@@H](OCc1ccc(CCCOCCCCCc2cccc3c2n(C)c(=O)n3C2CCC(=O)NC2=O)cc1)[C@H](CCC(N)=O)NC(=O)OC(C)(C)C. The molecule has 1 saturated heterocycles. The van der Waals surface area contributed by atoms with Gasteiger partial charge in [-0.3, -0.25) is 28.8 Å². The number of piperidine rings is 1. The van der Waals surface area contributed by atoms with Crippen LogP contribution in [0.2, 0.25) is 0 Å². The maximum Gasteiger partial charge on any atom is 0.407 e. The monoisotopic (exact) mass is 721 g/mol. The standard InChI is InChI=1S/C39H55N5O8/c1-26(30(19-21-33(40)45)41-37(48)52-39(2,3)4)51-25-28-17-15-27(16-18-28)11-10-24-50-23-8-6-7-12-29-13-9-14-31-35(29)43(5)38(49)44(31)32-20-22-34(46)42-36(32)47/h9,13-18,26,30,32H,6-8,10-12,19-25H2,1-5H3,(H2,40,45)(H,41,48)(H,42,46,47)/t26-,30+,32?/m1/s1. The zero-order valence-electron chi connectivity index (χ0n) is 31.2. The molecule has 13 heteroatoms. The number of hydrogen-bond acceptors (Lipinski definition) is 8. The van der Waals surface area contributed by atoms with Crippen molar-refractivity contribution in [2.75, 3.05) is 13.2 Å². The third kappa shape index (κ3) is 11.8. The van der Waals surface area contributed by atoms with Crippen LogP contribution in [0.15, 0.2) is 47.3 Å². The Morgan fingerprint density at radius 1 is 0.981 bits per heavy atom. The number of nitrogens with one attached hydrogen (secondary N) is 2. The number of rotatable bonds is 19. The summed E-state index contributed by atoms with van der Waals surface area (Å²) in [7, 11) is 1.73. The van der Waals surface area contributed by atoms with E-state index in [9.17, 15) is 24.0 Å². The van der Waals surface area contributed by atoms with Crippen LogP contribution in [0.25, 0.3) is 11.0 Å². The molecule has 1 fully saturated rings. The van der Waals surface area contributed by atoms with Crippen LogP contribution >= 0.6 is 0 Å². The number of amides is 4. The molecule has 0 saturated carbocycles. The van der Waals surface area contributed by atoms with Crippen molar-refractivity contribution < 1.29 is 33.4 Å². The fraction of sp³-hybridized carbons (Fsp3) is 0.564. The molecule has 1 unspecified atom stereocenters. The van der Waals surface area contributed by atoms with E-state index in [4.69, 9.17) is 19.9 Å². The molecular weight excluding hydrogens is 666 g/mol. The molecule has 3 aromatic rings. The van der Waals surface area contributed by atoms with Gasteiger partial charge in [0.2, 0.25) is 17.7 Å². The van der Waals surface area contributed by atoms with E-state index in [1.165, 1.54) is 10.1 Å². The van der Waals surface area contributed by atoms with Crippen LogP contribution in [0.3, 0.4) is 0 Å². The summed E-state index contributed by atoms with van der Waals surface area (Å²) in [6.45, 7) is 8.94. The van der Waals surface area contributed by atoms with Gasteiger partial charge in [0.15, 0.2) is 0 Å². The highest BCUT2D eigenvalue weighted by Crippen LogP contribution is 2.26. The zero-order chi connectivity index (χ0) is 37.8. The van der Waals surface area contributed by atoms with Crippen LogP contribution in [0, 0.1) is 0 Å². The van der Waals surface area contributed by atoms with Crippen molar-refractivity contribution in [1.82, 2.24) is 19.8 Å². The van der Waals surface area contributed by atoms with Crippen molar-refractivity contribution in [3.8, 4) is 0 Å². The molecule has 4 N–H and O–H groups in total. The fourth-order valence-corrected chi connectivity index (χ4v) is 6.45. The number of para-hydroxylation sites is 1. The van der Waals surface area contributed by atoms with Gasteiger partial charge in [-0.05, 0) is 95.4 Å². The van der Waals surface area contributed by atoms with Crippen molar-refractivity contribution in [3.05, 3.63) is 69.6 Å². The maximum atomic E-state index is 13.1. The van der Waals surface area contributed by atoms with E-state index in [0.717, 1.165) is 60.7 Å². The molecule has 0 bridgehead atoms. The van der Waals surface area contributed by atoms with E-state index in [1.54, 1.807) is 32.4 Å². The van der Waals surface area contributed by atoms with Crippen LogP contribution in [-0.4, -0.2) is 63.9 Å². The minimum Gasteiger partial charge on any atom is -0.444 e. The second-order valence-electron chi connectivity index (χ2n) is 14.6. The minimum atomic E-state index is -0.687. The number of aryl methyl sites for hydroxylation is 3. The number of nitrogens with two attached hydrogens (primary N) is 1. The first-order valence-corrected chi connectivity index (χ1v) is 18.3. The number of unbranched alkanes of at least 4 members (excludes halogenated alkanes) is 2. The fourth-order valence-electron chi connectivity index (χ4n) is 6.45. The van der Waals surface area contributed by atoms with Crippen LogP contribution in [-0.2, 0) is 55.1 Å². The summed E-state index contributed by atoms with van der Waals surface area (Å²) in [6, 6.07) is 12.9. The second-order valence-corrected chi connectivity index (χ2v) is 14.6. The quantitative estimate of drug-likeness (QED) is 0.118. The summed E-state index contributed by atoms with van der Waals surface area (Å²) in [5.41, 5.74) is 9.28. The van der Waals surface area contributed by atoms with Crippen LogP contribution < -0.4 is 22.1 Å². The van der Waals surface area contributed by atoms with Gasteiger partial charge in [-0.2, -0.15) is 0 Å². The van der Waals surface area contributed by atoms with Crippen molar-refractivity contribution in [1.29, 1.82) is 0 Å². The van der Waals surface area contributed by atoms with E-state index < -0.39 is 35.6 Å². The first-order chi connectivity index (χ1) is 24.7. The number of fused-ring (bicyclic) bond motifs is 1. The summed E-state index contributed by atoms with van der Waals surface area (Å²) in [5, 5.41) is 5.17. The van der Waals surface area contributed by atoms with Gasteiger partial charge in [-0.25, -0.2) is 9.59 Å². The Bertz CT molecular complexity index is 1740. The zero-order valence-corrected chi connectivity index (χ0v) is 31.2. The molecule has 4 amide bonds. The van der Waals surface area contributed by atoms with Gasteiger partial charge in [-0.1, -0.05) is 42.8 Å². The second kappa shape index (κ2) is 18.8. The van der Waals surface area contributed by atoms with Crippen molar-refractivity contribution in [2.45, 2.75) is 122 Å². The molecule has 1 aromatic heterocycles. The van der Waals surface area contributed by atoms with Crippen LogP contribution in [0.1, 0.15) is 102 Å². The van der Waals surface area contributed by atoms with E-state index in [2.05, 4.69) is 22.8 Å². The van der Waals surface area contributed by atoms with E-state index in [0.29, 0.717) is 32.7 Å². The number of nitrogens with zero attached hydrogens (tertiary/aromatic N) is 2. The molecule has 0 aliphatic carbocycles. The Hall–Kier alpha value is -4.49. The lowest BCUT2D eigenvalue weighted by atomic mass is 10.0. The number of imidazole rings is 1. The average molecular weight is 722 g/mol. The number of benzene rings is 2. The van der Waals surface area contributed by atoms with Crippen molar-refractivity contribution in [3.63, 3.8) is 0 Å². The Morgan fingerprint density at radius 3 is 2.38 bits per heavy atom. The predicted octanol–water partition coefficient (Wildman–Crippen LogP) is 4.74. The van der Waals surface area contributed by atoms with Crippen molar-refractivity contribution >= 4 is 34.8 Å². The molecule has 52 heavy (non-hydrogen) atoms. The van der Waals surface area contributed by atoms with Gasteiger partial charge in [0.1, 0.15) is 11.6 Å². The van der Waals surface area contributed by atoms with Crippen LogP contribution in [0.4, 0.5) is 4.79 Å². The first-order valence-electron chi connectivity index (χ1n) is 18.3. The summed E-state index contributed by atoms with van der Waals surface area (Å²) in [4.78, 5) is 61.0. The van der Waals surface area contributed by atoms with Gasteiger partial charge < -0.3 is 25.3 Å². The predicted molar refractivity (Wildman–Crippen MR) is 198 cm³/mol. The lowest BCUT2D eigenvalue weighted by Gasteiger charge is -2.27. The van der Waals surface area contributed by atoms with Gasteiger partial charge in [0.25, 0.3) is 0 Å². The third-order valence-corrected chi connectivity index (χ3v) is 9.20. The number of hydrogen-bond donors (Lipinski definition) is 3. The first kappa shape index (κ1) is 40.3. The molecule has 1 aliphatic heterocycles.